The van der Waals surface area contributed by atoms with Gasteiger partial charge in [-0.3, -0.25) is 9.59 Å². The lowest BCUT2D eigenvalue weighted by Gasteiger charge is -2.15. The minimum Gasteiger partial charge on any atom is -0.368 e. The maximum Gasteiger partial charge on any atom is 0.421 e. The number of amides is 2. The lowest BCUT2D eigenvalue weighted by molar-refractivity contribution is -0.137. The Kier molecular flexibility index (Phi) is 6.16. The number of carbonyl (C=O) groups excluding carboxylic acids is 2. The highest BCUT2D eigenvalue weighted by Gasteiger charge is 2.35. The second-order valence-electron chi connectivity index (χ2n) is 5.43. The van der Waals surface area contributed by atoms with E-state index in [2.05, 4.69) is 25.9 Å². The van der Waals surface area contributed by atoms with E-state index >= 15 is 0 Å². The van der Waals surface area contributed by atoms with Gasteiger partial charge in [0.25, 0.3) is 0 Å². The van der Waals surface area contributed by atoms with Crippen molar-refractivity contribution in [2.75, 3.05) is 23.7 Å². The molecule has 0 saturated carbocycles. The monoisotopic (exact) mass is 382 g/mol. The predicted molar refractivity (Wildman–Crippen MR) is 92.5 cm³/mol. The number of halogens is 3. The molecule has 0 bridgehead atoms. The number of anilines is 3. The first kappa shape index (κ1) is 19.9. The van der Waals surface area contributed by atoms with Gasteiger partial charge in [-0.05, 0) is 24.3 Å². The molecule has 0 fully saturated rings. The second kappa shape index (κ2) is 8.34. The Balaban J connectivity index is 2.18. The van der Waals surface area contributed by atoms with Gasteiger partial charge in [0, 0.05) is 37.5 Å². The van der Waals surface area contributed by atoms with Gasteiger partial charge in [0.05, 0.1) is 0 Å². The van der Waals surface area contributed by atoms with E-state index in [1.165, 1.54) is 31.2 Å². The Labute approximate surface area is 152 Å². The molecule has 2 amide bonds. The fourth-order valence-corrected chi connectivity index (χ4v) is 2.05. The van der Waals surface area contributed by atoms with Crippen LogP contribution in [0.3, 0.4) is 0 Å². The first-order chi connectivity index (χ1) is 12.7. The van der Waals surface area contributed by atoms with Crippen LogP contribution in [0.5, 0.6) is 0 Å². The number of nitrogens with two attached hydrogens (primary N) is 1. The van der Waals surface area contributed by atoms with Gasteiger partial charge in [-0.2, -0.15) is 18.2 Å². The zero-order valence-corrected chi connectivity index (χ0v) is 14.2. The van der Waals surface area contributed by atoms with Gasteiger partial charge in [-0.1, -0.05) is 0 Å². The van der Waals surface area contributed by atoms with Crippen LogP contribution in [0, 0.1) is 0 Å². The number of nitrogens with one attached hydrogen (secondary N) is 3. The molecule has 0 radical (unpaired) electrons. The average molecular weight is 382 g/mol. The average Bonchev–Trinajstić information content (AvgIpc) is 2.58. The molecular weight excluding hydrogens is 365 g/mol. The van der Waals surface area contributed by atoms with Gasteiger partial charge >= 0.3 is 6.18 Å². The number of nitrogens with zero attached hydrogens (tertiary/aromatic N) is 2. The van der Waals surface area contributed by atoms with Crippen molar-refractivity contribution in [3.05, 3.63) is 41.6 Å². The summed E-state index contributed by atoms with van der Waals surface area (Å²) in [6.45, 7) is 1.48. The Morgan fingerprint density at radius 1 is 1.15 bits per heavy atom. The molecule has 27 heavy (non-hydrogen) atoms. The molecule has 0 unspecified atom stereocenters. The topological polar surface area (TPSA) is 122 Å². The summed E-state index contributed by atoms with van der Waals surface area (Å²) in [6, 6.07) is 5.96. The first-order valence-electron chi connectivity index (χ1n) is 7.76. The van der Waals surface area contributed by atoms with Gasteiger partial charge in [0.1, 0.15) is 11.4 Å². The highest BCUT2D eigenvalue weighted by atomic mass is 19.4. The van der Waals surface area contributed by atoms with Crippen LogP contribution in [0.2, 0.25) is 0 Å². The van der Waals surface area contributed by atoms with Crippen LogP contribution in [-0.4, -0.2) is 34.9 Å². The Bertz CT molecular complexity index is 824. The molecule has 0 aliphatic rings. The van der Waals surface area contributed by atoms with E-state index in [0.29, 0.717) is 11.9 Å². The fourth-order valence-electron chi connectivity index (χ4n) is 2.05. The van der Waals surface area contributed by atoms with Crippen molar-refractivity contribution in [1.82, 2.24) is 15.3 Å². The third kappa shape index (κ3) is 5.83. The molecular formula is C16H17F3N6O2. The van der Waals surface area contributed by atoms with E-state index in [4.69, 9.17) is 5.73 Å². The van der Waals surface area contributed by atoms with Gasteiger partial charge in [-0.25, -0.2) is 4.98 Å². The fraction of sp³-hybridized carbons (Fsp3) is 0.250. The Morgan fingerprint density at radius 3 is 2.37 bits per heavy atom. The summed E-state index contributed by atoms with van der Waals surface area (Å²) in [6.07, 6.45) is -3.98. The summed E-state index contributed by atoms with van der Waals surface area (Å²) in [5, 5.41) is 7.75. The summed E-state index contributed by atoms with van der Waals surface area (Å²) in [7, 11) is 0. The van der Waals surface area contributed by atoms with E-state index in [9.17, 15) is 22.8 Å². The summed E-state index contributed by atoms with van der Waals surface area (Å²) in [4.78, 5) is 29.4. The van der Waals surface area contributed by atoms with E-state index in [1.807, 2.05) is 0 Å². The Hall–Kier alpha value is -3.37. The van der Waals surface area contributed by atoms with Gasteiger partial charge in [0.2, 0.25) is 17.8 Å². The van der Waals surface area contributed by atoms with Crippen LogP contribution >= 0.6 is 0 Å². The van der Waals surface area contributed by atoms with Crippen molar-refractivity contribution in [3.63, 3.8) is 0 Å². The molecule has 0 spiro atoms. The molecule has 0 aliphatic carbocycles. The molecule has 0 saturated heterocycles. The van der Waals surface area contributed by atoms with E-state index in [0.717, 1.165) is 0 Å². The van der Waals surface area contributed by atoms with Crippen molar-refractivity contribution in [2.24, 2.45) is 5.73 Å². The number of carbonyl (C=O) groups is 2. The third-order valence-corrected chi connectivity index (χ3v) is 3.31. The van der Waals surface area contributed by atoms with Gasteiger partial charge in [-0.15, -0.1) is 0 Å². The van der Waals surface area contributed by atoms with Crippen molar-refractivity contribution in [1.29, 1.82) is 0 Å². The molecule has 2 aromatic rings. The highest BCUT2D eigenvalue weighted by Crippen LogP contribution is 2.34. The zero-order valence-electron chi connectivity index (χ0n) is 14.2. The maximum absolute atomic E-state index is 13.1. The van der Waals surface area contributed by atoms with Crippen LogP contribution < -0.4 is 21.7 Å². The molecule has 2 rings (SSSR count). The number of hydrogen-bond donors (Lipinski definition) is 4. The second-order valence-corrected chi connectivity index (χ2v) is 5.43. The maximum atomic E-state index is 13.1. The molecule has 1 aromatic carbocycles. The smallest absolute Gasteiger partial charge is 0.368 e. The third-order valence-electron chi connectivity index (χ3n) is 3.31. The summed E-state index contributed by atoms with van der Waals surface area (Å²) in [5.74, 6) is -1.38. The van der Waals surface area contributed by atoms with E-state index in [-0.39, 0.29) is 30.5 Å². The number of rotatable bonds is 7. The number of aromatic nitrogens is 2. The zero-order chi connectivity index (χ0) is 20.0. The van der Waals surface area contributed by atoms with Gasteiger partial charge < -0.3 is 21.7 Å². The van der Waals surface area contributed by atoms with E-state index < -0.39 is 23.5 Å². The SMILES string of the molecule is CC(=O)NCCNc1nc(Nc2ccc(C(N)=O)cc2)ncc1C(F)(F)F. The van der Waals surface area contributed by atoms with Crippen molar-refractivity contribution in [2.45, 2.75) is 13.1 Å². The molecule has 5 N–H and O–H groups in total. The first-order valence-corrected chi connectivity index (χ1v) is 7.76. The highest BCUT2D eigenvalue weighted by molar-refractivity contribution is 5.93. The van der Waals surface area contributed by atoms with Crippen molar-refractivity contribution >= 4 is 29.3 Å². The Morgan fingerprint density at radius 2 is 1.81 bits per heavy atom. The normalized spacial score (nSPS) is 11.0. The lowest BCUT2D eigenvalue weighted by atomic mass is 10.2. The number of primary amides is 1. The molecule has 0 atom stereocenters. The molecule has 144 valence electrons. The van der Waals surface area contributed by atoms with Crippen LogP contribution in [-0.2, 0) is 11.0 Å². The number of alkyl halides is 3. The molecule has 11 heteroatoms. The van der Waals surface area contributed by atoms with Crippen molar-refractivity contribution in [3.8, 4) is 0 Å². The number of benzene rings is 1. The summed E-state index contributed by atoms with van der Waals surface area (Å²) >= 11 is 0. The standard InChI is InChI=1S/C16H17F3N6O2/c1-9(26)21-6-7-22-14-12(16(17,18)19)8-23-15(25-14)24-11-4-2-10(3-5-11)13(20)27/h2-5,8H,6-7H2,1H3,(H2,20,27)(H,21,26)(H2,22,23,24,25). The quantitative estimate of drug-likeness (QED) is 0.543. The molecule has 1 aromatic heterocycles. The predicted octanol–water partition coefficient (Wildman–Crippen LogP) is 1.89. The number of hydrogen-bond acceptors (Lipinski definition) is 6. The molecule has 8 nitrogen and oxygen atoms in total. The minimum absolute atomic E-state index is 0.0480. The van der Waals surface area contributed by atoms with Crippen LogP contribution in [0.4, 0.5) is 30.6 Å². The van der Waals surface area contributed by atoms with E-state index in [1.54, 1.807) is 0 Å². The largest absolute Gasteiger partial charge is 0.421 e. The summed E-state index contributed by atoms with van der Waals surface area (Å²) < 4.78 is 39.3. The van der Waals surface area contributed by atoms with Crippen molar-refractivity contribution < 1.29 is 22.8 Å². The van der Waals surface area contributed by atoms with Gasteiger partial charge in [0.15, 0.2) is 0 Å². The van der Waals surface area contributed by atoms with Crippen LogP contribution in [0.1, 0.15) is 22.8 Å². The minimum atomic E-state index is -4.64. The van der Waals surface area contributed by atoms with Crippen LogP contribution in [0.25, 0.3) is 0 Å². The molecule has 0 aliphatic heterocycles. The lowest BCUT2D eigenvalue weighted by Crippen LogP contribution is -2.27. The van der Waals surface area contributed by atoms with Crippen LogP contribution in [0.15, 0.2) is 30.5 Å². The summed E-state index contributed by atoms with van der Waals surface area (Å²) in [5.41, 5.74) is 4.87. The molecule has 1 heterocycles.